The highest BCUT2D eigenvalue weighted by Gasteiger charge is 2.26. The Bertz CT molecular complexity index is 357. The molecule has 0 spiro atoms. The molecule has 2 rings (SSSR count). The number of hydrogen-bond acceptors (Lipinski definition) is 6. The van der Waals surface area contributed by atoms with Gasteiger partial charge < -0.3 is 4.74 Å². The van der Waals surface area contributed by atoms with Gasteiger partial charge in [-0.25, -0.2) is 10.8 Å². The van der Waals surface area contributed by atoms with Gasteiger partial charge in [0.2, 0.25) is 0 Å². The number of hydrazine groups is 1. The van der Waals surface area contributed by atoms with Crippen molar-refractivity contribution in [1.82, 2.24) is 9.88 Å². The summed E-state index contributed by atoms with van der Waals surface area (Å²) in [5.74, 6) is 5.97. The number of thiazole rings is 1. The summed E-state index contributed by atoms with van der Waals surface area (Å²) in [4.78, 5) is 7.84. The number of nitrogens with one attached hydrogen (secondary N) is 1. The van der Waals surface area contributed by atoms with Crippen LogP contribution < -0.4 is 11.3 Å². The van der Waals surface area contributed by atoms with Crippen LogP contribution in [0.2, 0.25) is 0 Å². The van der Waals surface area contributed by atoms with Gasteiger partial charge in [0, 0.05) is 31.3 Å². The molecule has 1 saturated heterocycles. The normalized spacial score (nSPS) is 26.1. The smallest absolute Gasteiger partial charge is 0.197 e. The lowest BCUT2D eigenvalue weighted by Crippen LogP contribution is -2.43. The van der Waals surface area contributed by atoms with E-state index in [2.05, 4.69) is 22.2 Å². The molecule has 96 valence electrons. The number of nitrogens with zero attached hydrogens (tertiary/aromatic N) is 2. The summed E-state index contributed by atoms with van der Waals surface area (Å²) >= 11 is 1.61. The Morgan fingerprint density at radius 3 is 3.18 bits per heavy atom. The zero-order chi connectivity index (χ0) is 12.3. The number of nitrogen functional groups attached to an aromatic ring is 1. The summed E-state index contributed by atoms with van der Waals surface area (Å²) in [6.07, 6.45) is 3.43. The molecule has 2 atom stereocenters. The van der Waals surface area contributed by atoms with E-state index in [0.29, 0.717) is 12.0 Å². The van der Waals surface area contributed by atoms with Crippen LogP contribution in [-0.4, -0.2) is 36.2 Å². The highest BCUT2D eigenvalue weighted by Crippen LogP contribution is 2.23. The largest absolute Gasteiger partial charge is 0.380 e. The Balaban J connectivity index is 1.90. The van der Waals surface area contributed by atoms with Crippen molar-refractivity contribution in [2.24, 2.45) is 11.8 Å². The number of aromatic nitrogens is 1. The predicted molar refractivity (Wildman–Crippen MR) is 69.8 cm³/mol. The van der Waals surface area contributed by atoms with Crippen molar-refractivity contribution >= 4 is 16.5 Å². The van der Waals surface area contributed by atoms with E-state index in [-0.39, 0.29) is 0 Å². The summed E-state index contributed by atoms with van der Waals surface area (Å²) in [7, 11) is 1.80. The number of rotatable bonds is 4. The molecule has 3 N–H and O–H groups in total. The number of nitrogens with two attached hydrogens (primary N) is 1. The third-order valence-electron chi connectivity index (χ3n) is 3.33. The standard InChI is InChI=1S/C11H20N4OS/c1-8-3-4-15(7-10(8)16-2)6-9-5-13-11(14-12)17-9/h5,8,10H,3-4,6-7,12H2,1-2H3,(H,13,14). The number of anilines is 1. The van der Waals surface area contributed by atoms with E-state index in [1.807, 2.05) is 6.20 Å². The van der Waals surface area contributed by atoms with E-state index in [4.69, 9.17) is 10.6 Å². The lowest BCUT2D eigenvalue weighted by atomic mass is 9.96. The Labute approximate surface area is 106 Å². The molecule has 1 aromatic rings. The maximum atomic E-state index is 5.51. The number of methoxy groups -OCH3 is 1. The molecule has 1 fully saturated rings. The van der Waals surface area contributed by atoms with Crippen LogP contribution in [0.4, 0.5) is 5.13 Å². The van der Waals surface area contributed by atoms with Gasteiger partial charge in [0.05, 0.1) is 6.10 Å². The van der Waals surface area contributed by atoms with Gasteiger partial charge in [0.1, 0.15) is 0 Å². The molecule has 1 aromatic heterocycles. The van der Waals surface area contributed by atoms with Crippen LogP contribution in [0.1, 0.15) is 18.2 Å². The van der Waals surface area contributed by atoms with Gasteiger partial charge in [-0.05, 0) is 18.9 Å². The minimum absolute atomic E-state index is 0.351. The van der Waals surface area contributed by atoms with Gasteiger partial charge >= 0.3 is 0 Å². The molecule has 2 unspecified atom stereocenters. The summed E-state index contributed by atoms with van der Waals surface area (Å²) < 4.78 is 5.51. The predicted octanol–water partition coefficient (Wildman–Crippen LogP) is 1.29. The van der Waals surface area contributed by atoms with E-state index in [1.165, 1.54) is 11.3 Å². The third-order valence-corrected chi connectivity index (χ3v) is 4.25. The Morgan fingerprint density at radius 2 is 2.53 bits per heavy atom. The van der Waals surface area contributed by atoms with Gasteiger partial charge in [-0.3, -0.25) is 10.3 Å². The second kappa shape index (κ2) is 5.77. The maximum absolute atomic E-state index is 5.51. The second-order valence-corrected chi connectivity index (χ2v) is 5.67. The van der Waals surface area contributed by atoms with Crippen LogP contribution in [0, 0.1) is 5.92 Å². The SMILES string of the molecule is COC1CN(Cc2cnc(NN)s2)CCC1C. The van der Waals surface area contributed by atoms with Crippen LogP contribution in [-0.2, 0) is 11.3 Å². The molecule has 0 saturated carbocycles. The fraction of sp³-hybridized carbons (Fsp3) is 0.727. The monoisotopic (exact) mass is 256 g/mol. The van der Waals surface area contributed by atoms with Gasteiger partial charge in [-0.15, -0.1) is 0 Å². The van der Waals surface area contributed by atoms with E-state index in [9.17, 15) is 0 Å². The molecule has 1 aliphatic rings. The first-order valence-corrected chi connectivity index (χ1v) is 6.71. The molecular weight excluding hydrogens is 236 g/mol. The molecule has 17 heavy (non-hydrogen) atoms. The number of piperidine rings is 1. The average Bonchev–Trinajstić information content (AvgIpc) is 2.79. The molecule has 2 heterocycles. The molecule has 0 bridgehead atoms. The van der Waals surface area contributed by atoms with Crippen molar-refractivity contribution in [3.8, 4) is 0 Å². The highest BCUT2D eigenvalue weighted by molar-refractivity contribution is 7.15. The lowest BCUT2D eigenvalue weighted by Gasteiger charge is -2.35. The van der Waals surface area contributed by atoms with Gasteiger partial charge in [0.25, 0.3) is 0 Å². The zero-order valence-corrected chi connectivity index (χ0v) is 11.2. The highest BCUT2D eigenvalue weighted by atomic mass is 32.1. The Hall–Kier alpha value is -0.690. The van der Waals surface area contributed by atoms with Crippen molar-refractivity contribution < 1.29 is 4.74 Å². The van der Waals surface area contributed by atoms with E-state index < -0.39 is 0 Å². The fourth-order valence-electron chi connectivity index (χ4n) is 2.22. The minimum atomic E-state index is 0.351. The van der Waals surface area contributed by atoms with Crippen LogP contribution in [0.15, 0.2) is 6.20 Å². The number of likely N-dealkylation sites (tertiary alicyclic amines) is 1. The number of ether oxygens (including phenoxy) is 1. The van der Waals surface area contributed by atoms with Crippen LogP contribution in [0.3, 0.4) is 0 Å². The maximum Gasteiger partial charge on any atom is 0.197 e. The first kappa shape index (κ1) is 12.8. The number of hydrogen-bond donors (Lipinski definition) is 2. The first-order valence-electron chi connectivity index (χ1n) is 5.89. The summed E-state index contributed by atoms with van der Waals surface area (Å²) in [6, 6.07) is 0. The van der Waals surface area contributed by atoms with Gasteiger partial charge in [0.15, 0.2) is 5.13 Å². The van der Waals surface area contributed by atoms with Crippen molar-refractivity contribution in [2.75, 3.05) is 25.6 Å². The second-order valence-electron chi connectivity index (χ2n) is 4.55. The summed E-state index contributed by atoms with van der Waals surface area (Å²) in [5, 5.41) is 0.772. The van der Waals surface area contributed by atoms with Gasteiger partial charge in [-0.2, -0.15) is 0 Å². The van der Waals surface area contributed by atoms with E-state index >= 15 is 0 Å². The zero-order valence-electron chi connectivity index (χ0n) is 10.3. The van der Waals surface area contributed by atoms with Crippen LogP contribution >= 0.6 is 11.3 Å². The molecule has 6 heteroatoms. The van der Waals surface area contributed by atoms with Crippen molar-refractivity contribution in [2.45, 2.75) is 26.0 Å². The molecule has 1 aliphatic heterocycles. The molecular formula is C11H20N4OS. The molecule has 0 aromatic carbocycles. The summed E-state index contributed by atoms with van der Waals surface area (Å²) in [6.45, 7) is 5.33. The van der Waals surface area contributed by atoms with Gasteiger partial charge in [-0.1, -0.05) is 18.3 Å². The minimum Gasteiger partial charge on any atom is -0.380 e. The molecule has 0 radical (unpaired) electrons. The third kappa shape index (κ3) is 3.16. The Kier molecular flexibility index (Phi) is 4.33. The van der Waals surface area contributed by atoms with Crippen molar-refractivity contribution in [3.63, 3.8) is 0 Å². The Morgan fingerprint density at radius 1 is 1.71 bits per heavy atom. The quantitative estimate of drug-likeness (QED) is 0.628. The van der Waals surface area contributed by atoms with E-state index in [1.54, 1.807) is 18.4 Å². The lowest BCUT2D eigenvalue weighted by molar-refractivity contribution is -0.00717. The van der Waals surface area contributed by atoms with E-state index in [0.717, 1.165) is 24.8 Å². The topological polar surface area (TPSA) is 63.4 Å². The fourth-order valence-corrected chi connectivity index (χ4v) is 2.98. The molecule has 5 nitrogen and oxygen atoms in total. The first-order chi connectivity index (χ1) is 8.22. The van der Waals surface area contributed by atoms with Crippen molar-refractivity contribution in [1.29, 1.82) is 0 Å². The van der Waals surface area contributed by atoms with Crippen molar-refractivity contribution in [3.05, 3.63) is 11.1 Å². The molecule has 0 amide bonds. The summed E-state index contributed by atoms with van der Waals surface area (Å²) in [5.41, 5.74) is 2.58. The average molecular weight is 256 g/mol. The van der Waals surface area contributed by atoms with Crippen LogP contribution in [0.5, 0.6) is 0 Å². The molecule has 0 aliphatic carbocycles. The van der Waals surface area contributed by atoms with Crippen LogP contribution in [0.25, 0.3) is 0 Å².